The second-order valence-corrected chi connectivity index (χ2v) is 5.23. The van der Waals surface area contributed by atoms with Gasteiger partial charge in [-0.05, 0) is 18.6 Å². The molecule has 2 aromatic rings. The molecule has 1 atom stereocenters. The van der Waals surface area contributed by atoms with Gasteiger partial charge in [0.1, 0.15) is 11.6 Å². The summed E-state index contributed by atoms with van der Waals surface area (Å²) in [5, 5.41) is 4.95. The number of benzene rings is 1. The van der Waals surface area contributed by atoms with Crippen molar-refractivity contribution in [3.63, 3.8) is 0 Å². The third-order valence-corrected chi connectivity index (χ3v) is 3.96. The van der Waals surface area contributed by atoms with Gasteiger partial charge >= 0.3 is 0 Å². The van der Waals surface area contributed by atoms with E-state index in [4.69, 9.17) is 22.1 Å². The Balaban J connectivity index is 2.35. The van der Waals surface area contributed by atoms with Gasteiger partial charge in [0.2, 0.25) is 0 Å². The molecule has 0 aliphatic rings. The molecule has 0 saturated carbocycles. The van der Waals surface area contributed by atoms with Crippen LogP contribution < -0.4 is 10.5 Å². The highest BCUT2D eigenvalue weighted by atomic mass is 35.5. The predicted molar refractivity (Wildman–Crippen MR) is 81.2 cm³/mol. The molecule has 0 radical (unpaired) electrons. The van der Waals surface area contributed by atoms with Crippen molar-refractivity contribution in [1.82, 2.24) is 9.78 Å². The molecule has 2 rings (SSSR count). The highest BCUT2D eigenvalue weighted by Crippen LogP contribution is 2.31. The quantitative estimate of drug-likeness (QED) is 0.923. The molecule has 0 aliphatic heterocycles. The lowest BCUT2D eigenvalue weighted by Crippen LogP contribution is -2.18. The maximum atomic E-state index is 14.0. The normalized spacial score (nSPS) is 12.5. The molecule has 21 heavy (non-hydrogen) atoms. The number of nitrogens with two attached hydrogens (primary N) is 1. The summed E-state index contributed by atoms with van der Waals surface area (Å²) >= 11 is 6.31. The first kappa shape index (κ1) is 15.8. The van der Waals surface area contributed by atoms with Crippen LogP contribution in [0.1, 0.15) is 29.9 Å². The summed E-state index contributed by atoms with van der Waals surface area (Å²) in [6.45, 7) is 1.98. The van der Waals surface area contributed by atoms with Crippen LogP contribution in [0, 0.1) is 5.82 Å². The van der Waals surface area contributed by atoms with Crippen LogP contribution in [0.2, 0.25) is 5.02 Å². The highest BCUT2D eigenvalue weighted by molar-refractivity contribution is 6.31. The van der Waals surface area contributed by atoms with Crippen molar-refractivity contribution < 1.29 is 9.13 Å². The van der Waals surface area contributed by atoms with Crippen molar-refractivity contribution in [2.75, 3.05) is 7.11 Å². The van der Waals surface area contributed by atoms with Crippen molar-refractivity contribution in [2.24, 2.45) is 12.8 Å². The summed E-state index contributed by atoms with van der Waals surface area (Å²) in [4.78, 5) is 0. The summed E-state index contributed by atoms with van der Waals surface area (Å²) in [5.41, 5.74) is 8.15. The van der Waals surface area contributed by atoms with Gasteiger partial charge in [0.05, 0.1) is 23.5 Å². The molecule has 1 aromatic carbocycles. The Morgan fingerprint density at radius 3 is 2.76 bits per heavy atom. The van der Waals surface area contributed by atoms with E-state index in [2.05, 4.69) is 5.10 Å². The zero-order valence-electron chi connectivity index (χ0n) is 12.4. The average Bonchev–Trinajstić information content (AvgIpc) is 2.74. The maximum absolute atomic E-state index is 14.0. The molecule has 0 spiro atoms. The summed E-state index contributed by atoms with van der Waals surface area (Å²) in [7, 11) is 3.31. The lowest BCUT2D eigenvalue weighted by atomic mass is 10.0. The lowest BCUT2D eigenvalue weighted by molar-refractivity contribution is 0.398. The van der Waals surface area contributed by atoms with Crippen LogP contribution in [0.3, 0.4) is 0 Å². The van der Waals surface area contributed by atoms with Gasteiger partial charge in [0.25, 0.3) is 0 Å². The minimum absolute atomic E-state index is 0.357. The molecule has 0 bridgehead atoms. The molecule has 0 aliphatic carbocycles. The number of nitrogens with zero attached hydrogens (tertiary/aromatic N) is 2. The smallest absolute Gasteiger partial charge is 0.131 e. The first-order chi connectivity index (χ1) is 9.99. The predicted octanol–water partition coefficient (Wildman–Crippen LogP) is 3.03. The Kier molecular flexibility index (Phi) is 4.85. The molecule has 114 valence electrons. The van der Waals surface area contributed by atoms with E-state index in [-0.39, 0.29) is 5.82 Å². The van der Waals surface area contributed by atoms with Gasteiger partial charge in [-0.15, -0.1) is 0 Å². The summed E-state index contributed by atoms with van der Waals surface area (Å²) < 4.78 is 20.9. The Labute approximate surface area is 128 Å². The zero-order chi connectivity index (χ0) is 15.6. The van der Waals surface area contributed by atoms with Crippen LogP contribution in [-0.4, -0.2) is 16.9 Å². The van der Waals surface area contributed by atoms with Crippen molar-refractivity contribution >= 4 is 11.6 Å². The number of aryl methyl sites for hydroxylation is 2. The average molecular weight is 312 g/mol. The molecule has 1 aromatic heterocycles. The van der Waals surface area contributed by atoms with E-state index < -0.39 is 6.04 Å². The number of methoxy groups -OCH3 is 1. The zero-order valence-corrected chi connectivity index (χ0v) is 13.1. The molecule has 0 saturated heterocycles. The van der Waals surface area contributed by atoms with E-state index in [1.54, 1.807) is 16.8 Å². The van der Waals surface area contributed by atoms with Crippen LogP contribution >= 0.6 is 11.6 Å². The third kappa shape index (κ3) is 3.04. The van der Waals surface area contributed by atoms with Crippen molar-refractivity contribution in [2.45, 2.75) is 25.8 Å². The summed E-state index contributed by atoms with van der Waals surface area (Å²) in [6.07, 6.45) is 1.13. The van der Waals surface area contributed by atoms with Crippen LogP contribution in [0.15, 0.2) is 18.2 Å². The van der Waals surface area contributed by atoms with Crippen molar-refractivity contribution in [1.29, 1.82) is 0 Å². The lowest BCUT2D eigenvalue weighted by Gasteiger charge is -2.16. The number of halogens is 2. The summed E-state index contributed by atoms with van der Waals surface area (Å²) in [5.74, 6) is 0.0624. The van der Waals surface area contributed by atoms with Gasteiger partial charge in [0, 0.05) is 25.1 Å². The first-order valence-electron chi connectivity index (χ1n) is 6.77. The number of rotatable bonds is 5. The van der Waals surface area contributed by atoms with Gasteiger partial charge in [0.15, 0.2) is 0 Å². The Morgan fingerprint density at radius 1 is 1.48 bits per heavy atom. The molecule has 0 fully saturated rings. The van der Waals surface area contributed by atoms with E-state index in [0.29, 0.717) is 22.8 Å². The molecule has 6 heteroatoms. The Morgan fingerprint density at radius 2 is 2.19 bits per heavy atom. The number of aromatic nitrogens is 2. The molecule has 4 nitrogen and oxygen atoms in total. The van der Waals surface area contributed by atoms with Crippen molar-refractivity contribution in [3.8, 4) is 5.75 Å². The molecule has 2 N–H and O–H groups in total. The number of hydrogen-bond acceptors (Lipinski definition) is 3. The van der Waals surface area contributed by atoms with Crippen molar-refractivity contribution in [3.05, 3.63) is 46.0 Å². The van der Waals surface area contributed by atoms with Crippen LogP contribution in [-0.2, 0) is 19.9 Å². The molecular weight excluding hydrogens is 293 g/mol. The fourth-order valence-electron chi connectivity index (χ4n) is 2.41. The molecule has 1 heterocycles. The minimum Gasteiger partial charge on any atom is -0.496 e. The molecule has 1 unspecified atom stereocenters. The first-order valence-corrected chi connectivity index (χ1v) is 7.15. The second-order valence-electron chi connectivity index (χ2n) is 4.85. The van der Waals surface area contributed by atoms with E-state index in [9.17, 15) is 4.39 Å². The SMILES string of the molecule is CCc1nn(C)c(CC(N)c2c(F)cccc2OC)c1Cl. The highest BCUT2D eigenvalue weighted by Gasteiger charge is 2.21. The Bertz CT molecular complexity index is 642. The molecular formula is C15H19ClFN3O. The van der Waals surface area contributed by atoms with Gasteiger partial charge in [-0.2, -0.15) is 5.10 Å². The largest absolute Gasteiger partial charge is 0.496 e. The van der Waals surface area contributed by atoms with Crippen LogP contribution in [0.5, 0.6) is 5.75 Å². The fraction of sp³-hybridized carbons (Fsp3) is 0.400. The topological polar surface area (TPSA) is 53.1 Å². The van der Waals surface area contributed by atoms with Crippen LogP contribution in [0.4, 0.5) is 4.39 Å². The fourth-order valence-corrected chi connectivity index (χ4v) is 2.78. The molecule has 0 amide bonds. The summed E-state index contributed by atoms with van der Waals surface area (Å²) in [6, 6.07) is 4.11. The minimum atomic E-state index is -0.557. The van der Waals surface area contributed by atoms with E-state index >= 15 is 0 Å². The third-order valence-electron chi connectivity index (χ3n) is 3.52. The van der Waals surface area contributed by atoms with Gasteiger partial charge in [-0.1, -0.05) is 24.6 Å². The van der Waals surface area contributed by atoms with Crippen LogP contribution in [0.25, 0.3) is 0 Å². The Hall–Kier alpha value is -1.59. The maximum Gasteiger partial charge on any atom is 0.131 e. The number of hydrogen-bond donors (Lipinski definition) is 1. The van der Waals surface area contributed by atoms with E-state index in [1.807, 2.05) is 14.0 Å². The van der Waals surface area contributed by atoms with E-state index in [0.717, 1.165) is 17.8 Å². The van der Waals surface area contributed by atoms with Gasteiger partial charge in [-0.25, -0.2) is 4.39 Å². The second kappa shape index (κ2) is 6.45. The number of ether oxygens (including phenoxy) is 1. The van der Waals surface area contributed by atoms with Gasteiger partial charge < -0.3 is 10.5 Å². The van der Waals surface area contributed by atoms with Gasteiger partial charge in [-0.3, -0.25) is 4.68 Å². The standard InChI is InChI=1S/C15H19ClFN3O/c1-4-11-15(16)12(20(2)19-11)8-10(18)14-9(17)6-5-7-13(14)21-3/h5-7,10H,4,8,18H2,1-3H3. The van der Waals surface area contributed by atoms with E-state index in [1.165, 1.54) is 13.2 Å². The monoisotopic (exact) mass is 311 g/mol.